The molecule has 1 N–H and O–H groups in total. The van der Waals surface area contributed by atoms with E-state index in [1.54, 1.807) is 11.3 Å². The second-order valence-corrected chi connectivity index (χ2v) is 9.62. The van der Waals surface area contributed by atoms with E-state index >= 15 is 0 Å². The highest BCUT2D eigenvalue weighted by Crippen LogP contribution is 2.38. The van der Waals surface area contributed by atoms with Gasteiger partial charge in [-0.1, -0.05) is 78.9 Å². The molecule has 0 atom stereocenters. The highest BCUT2D eigenvalue weighted by molar-refractivity contribution is 7.25. The molecule has 0 aliphatic heterocycles. The number of nitrogens with zero attached hydrogens (tertiary/aromatic N) is 1. The van der Waals surface area contributed by atoms with Crippen molar-refractivity contribution in [3.63, 3.8) is 0 Å². The summed E-state index contributed by atoms with van der Waals surface area (Å²) in [5, 5.41) is 9.92. The van der Waals surface area contributed by atoms with E-state index in [4.69, 9.17) is 4.98 Å². The standard InChI is InChI=1S/C31H20N2S/c1-2-8-20(9-3-1)27-16-17-29-31(33-27)26-15-14-22(19-30(26)34-29)32-28-18-21-10-4-5-11-23(21)24-12-6-7-13-25(24)28/h1-19,32H. The normalized spacial score (nSPS) is 11.5. The molecule has 34 heavy (non-hydrogen) atoms. The predicted octanol–water partition coefficient (Wildman–Crippen LogP) is 9.17. The van der Waals surface area contributed by atoms with E-state index in [1.807, 2.05) is 6.07 Å². The van der Waals surface area contributed by atoms with E-state index in [0.29, 0.717) is 0 Å². The Kier molecular flexibility index (Phi) is 4.36. The van der Waals surface area contributed by atoms with Gasteiger partial charge in [0.15, 0.2) is 0 Å². The van der Waals surface area contributed by atoms with Crippen molar-refractivity contribution in [2.24, 2.45) is 0 Å². The van der Waals surface area contributed by atoms with Crippen LogP contribution in [0.2, 0.25) is 0 Å². The van der Waals surface area contributed by atoms with Gasteiger partial charge in [-0.25, -0.2) is 4.98 Å². The molecule has 0 unspecified atom stereocenters. The Hall–Kier alpha value is -4.21. The minimum Gasteiger partial charge on any atom is -0.355 e. The van der Waals surface area contributed by atoms with Crippen LogP contribution >= 0.6 is 11.3 Å². The second-order valence-electron chi connectivity index (χ2n) is 8.54. The third-order valence-electron chi connectivity index (χ3n) is 6.43. The van der Waals surface area contributed by atoms with Crippen LogP contribution in [0.4, 0.5) is 11.4 Å². The molecule has 2 aromatic heterocycles. The van der Waals surface area contributed by atoms with E-state index in [1.165, 1.54) is 36.3 Å². The molecule has 0 amide bonds. The van der Waals surface area contributed by atoms with Gasteiger partial charge in [0.05, 0.1) is 15.9 Å². The Bertz CT molecular complexity index is 1830. The molecule has 3 heteroatoms. The van der Waals surface area contributed by atoms with Crippen LogP contribution in [0.15, 0.2) is 115 Å². The largest absolute Gasteiger partial charge is 0.355 e. The molecule has 0 bridgehead atoms. The first-order chi connectivity index (χ1) is 16.8. The molecule has 0 fully saturated rings. The van der Waals surface area contributed by atoms with Crippen molar-refractivity contribution in [3.05, 3.63) is 115 Å². The minimum absolute atomic E-state index is 1.01. The number of aromatic nitrogens is 1. The summed E-state index contributed by atoms with van der Waals surface area (Å²) in [6.45, 7) is 0. The van der Waals surface area contributed by atoms with Crippen molar-refractivity contribution in [1.82, 2.24) is 4.98 Å². The maximum atomic E-state index is 5.01. The van der Waals surface area contributed by atoms with Crippen LogP contribution in [0.5, 0.6) is 0 Å². The van der Waals surface area contributed by atoms with Gasteiger partial charge in [-0.3, -0.25) is 0 Å². The van der Waals surface area contributed by atoms with Crippen LogP contribution in [-0.2, 0) is 0 Å². The third kappa shape index (κ3) is 3.13. The van der Waals surface area contributed by atoms with Crippen LogP contribution in [0.1, 0.15) is 0 Å². The summed E-state index contributed by atoms with van der Waals surface area (Å²) >= 11 is 1.79. The Morgan fingerprint density at radius 3 is 2.21 bits per heavy atom. The highest BCUT2D eigenvalue weighted by Gasteiger charge is 2.11. The topological polar surface area (TPSA) is 24.9 Å². The molecule has 0 radical (unpaired) electrons. The number of nitrogens with one attached hydrogen (secondary N) is 1. The first-order valence-electron chi connectivity index (χ1n) is 11.4. The van der Waals surface area contributed by atoms with Crippen LogP contribution < -0.4 is 5.32 Å². The van der Waals surface area contributed by atoms with Crippen molar-refractivity contribution >= 4 is 64.6 Å². The van der Waals surface area contributed by atoms with E-state index < -0.39 is 0 Å². The van der Waals surface area contributed by atoms with Crippen LogP contribution in [0, 0.1) is 0 Å². The van der Waals surface area contributed by atoms with E-state index in [0.717, 1.165) is 28.1 Å². The molecule has 0 saturated carbocycles. The van der Waals surface area contributed by atoms with E-state index in [9.17, 15) is 0 Å². The molecule has 7 aromatic rings. The zero-order valence-electron chi connectivity index (χ0n) is 18.3. The first-order valence-corrected chi connectivity index (χ1v) is 12.2. The Labute approximate surface area is 201 Å². The molecular weight excluding hydrogens is 432 g/mol. The van der Waals surface area contributed by atoms with Gasteiger partial charge in [0.25, 0.3) is 0 Å². The monoisotopic (exact) mass is 452 g/mol. The summed E-state index contributed by atoms with van der Waals surface area (Å²) in [6, 6.07) is 40.7. The number of benzene rings is 5. The van der Waals surface area contributed by atoms with Crippen molar-refractivity contribution in [2.75, 3.05) is 5.32 Å². The molecular formula is C31H20N2S. The zero-order chi connectivity index (χ0) is 22.5. The van der Waals surface area contributed by atoms with Gasteiger partial charge < -0.3 is 5.32 Å². The van der Waals surface area contributed by atoms with E-state index in [2.05, 4.69) is 115 Å². The predicted molar refractivity (Wildman–Crippen MR) is 147 cm³/mol. The average molecular weight is 453 g/mol. The van der Waals surface area contributed by atoms with Gasteiger partial charge in [-0.15, -0.1) is 11.3 Å². The molecule has 2 heterocycles. The number of hydrogen-bond donors (Lipinski definition) is 1. The van der Waals surface area contributed by atoms with Gasteiger partial charge in [0, 0.05) is 32.4 Å². The van der Waals surface area contributed by atoms with Crippen LogP contribution in [-0.4, -0.2) is 4.98 Å². The summed E-state index contributed by atoms with van der Waals surface area (Å²) in [5.41, 5.74) is 5.44. The van der Waals surface area contributed by atoms with Crippen molar-refractivity contribution in [3.8, 4) is 11.3 Å². The maximum Gasteiger partial charge on any atom is 0.0895 e. The Balaban J connectivity index is 1.33. The van der Waals surface area contributed by atoms with Crippen LogP contribution in [0.3, 0.4) is 0 Å². The number of fused-ring (bicyclic) bond motifs is 6. The highest BCUT2D eigenvalue weighted by atomic mass is 32.1. The number of rotatable bonds is 3. The lowest BCUT2D eigenvalue weighted by molar-refractivity contribution is 1.42. The smallest absolute Gasteiger partial charge is 0.0895 e. The fourth-order valence-corrected chi connectivity index (χ4v) is 5.89. The number of hydrogen-bond acceptors (Lipinski definition) is 3. The third-order valence-corrected chi connectivity index (χ3v) is 7.54. The van der Waals surface area contributed by atoms with Gasteiger partial charge in [-0.2, -0.15) is 0 Å². The molecule has 0 saturated heterocycles. The molecule has 0 spiro atoms. The summed E-state index contributed by atoms with van der Waals surface area (Å²) < 4.78 is 2.45. The molecule has 5 aromatic carbocycles. The molecule has 0 aliphatic carbocycles. The number of pyridine rings is 1. The van der Waals surface area contributed by atoms with Crippen molar-refractivity contribution in [2.45, 2.75) is 0 Å². The number of anilines is 2. The SMILES string of the molecule is c1ccc(-c2ccc3sc4cc(Nc5cc6ccccc6c6ccccc56)ccc4c3n2)cc1. The first kappa shape index (κ1) is 19.3. The van der Waals surface area contributed by atoms with Gasteiger partial charge in [-0.05, 0) is 52.6 Å². The quantitative estimate of drug-likeness (QED) is 0.270. The van der Waals surface area contributed by atoms with Crippen molar-refractivity contribution < 1.29 is 0 Å². The Morgan fingerprint density at radius 2 is 1.32 bits per heavy atom. The van der Waals surface area contributed by atoms with Gasteiger partial charge in [0.2, 0.25) is 0 Å². The van der Waals surface area contributed by atoms with Gasteiger partial charge in [0.1, 0.15) is 0 Å². The zero-order valence-corrected chi connectivity index (χ0v) is 19.1. The molecule has 0 aliphatic rings. The molecule has 7 rings (SSSR count). The summed E-state index contributed by atoms with van der Waals surface area (Å²) in [5.74, 6) is 0. The summed E-state index contributed by atoms with van der Waals surface area (Å²) in [6.07, 6.45) is 0. The second kappa shape index (κ2) is 7.68. The lowest BCUT2D eigenvalue weighted by Crippen LogP contribution is -1.92. The van der Waals surface area contributed by atoms with E-state index in [-0.39, 0.29) is 0 Å². The molecule has 2 nitrogen and oxygen atoms in total. The Morgan fingerprint density at radius 1 is 0.559 bits per heavy atom. The molecule has 160 valence electrons. The summed E-state index contributed by atoms with van der Waals surface area (Å²) in [7, 11) is 0. The maximum absolute atomic E-state index is 5.01. The minimum atomic E-state index is 1.01. The lowest BCUT2D eigenvalue weighted by atomic mass is 10.00. The number of thiophene rings is 1. The summed E-state index contributed by atoms with van der Waals surface area (Å²) in [4.78, 5) is 5.01. The van der Waals surface area contributed by atoms with Crippen molar-refractivity contribution in [1.29, 1.82) is 0 Å². The fraction of sp³-hybridized carbons (Fsp3) is 0. The van der Waals surface area contributed by atoms with Gasteiger partial charge >= 0.3 is 0 Å². The fourth-order valence-electron chi connectivity index (χ4n) is 4.80. The average Bonchev–Trinajstić information content (AvgIpc) is 3.26. The lowest BCUT2D eigenvalue weighted by Gasteiger charge is -2.13. The van der Waals surface area contributed by atoms with Crippen LogP contribution in [0.25, 0.3) is 53.1 Å².